The van der Waals surface area contributed by atoms with Gasteiger partial charge in [-0.05, 0) is 25.0 Å². The average molecular weight is 334 g/mol. The van der Waals surface area contributed by atoms with Crippen molar-refractivity contribution in [3.63, 3.8) is 0 Å². The first-order valence-electron chi connectivity index (χ1n) is 7.66. The number of aliphatic hydroxyl groups excluding tert-OH is 1. The molecule has 0 spiro atoms. The van der Waals surface area contributed by atoms with Gasteiger partial charge in [0, 0.05) is 19.1 Å². The fraction of sp³-hybridized carbons (Fsp3) is 0.375. The van der Waals surface area contributed by atoms with Gasteiger partial charge in [0.15, 0.2) is 5.75 Å². The smallest absolute Gasteiger partial charge is 0.449 e. The summed E-state index contributed by atoms with van der Waals surface area (Å²) in [4.78, 5) is 24.9. The lowest BCUT2D eigenvalue weighted by atomic mass is 10.1. The van der Waals surface area contributed by atoms with Gasteiger partial charge < -0.3 is 24.4 Å². The molecule has 2 fully saturated rings. The highest BCUT2D eigenvalue weighted by atomic mass is 19.1. The van der Waals surface area contributed by atoms with Crippen molar-refractivity contribution in [2.75, 3.05) is 18.0 Å². The van der Waals surface area contributed by atoms with Gasteiger partial charge in [0.1, 0.15) is 5.82 Å². The highest BCUT2D eigenvalue weighted by Crippen LogP contribution is 2.39. The number of aliphatic hydroxyl groups is 1. The van der Waals surface area contributed by atoms with E-state index in [-0.39, 0.29) is 17.2 Å². The minimum atomic E-state index is -1.58. The van der Waals surface area contributed by atoms with Gasteiger partial charge in [-0.25, -0.2) is 9.18 Å². The fourth-order valence-electron chi connectivity index (χ4n) is 3.05. The molecular weight excluding hydrogens is 319 g/mol. The number of fused-ring (bicyclic) bond motifs is 1. The number of carbonyl (C=O) groups is 1. The number of ether oxygens (including phenoxy) is 1. The number of pyridine rings is 1. The molecule has 1 aromatic heterocycles. The van der Waals surface area contributed by atoms with Gasteiger partial charge in [0.25, 0.3) is 0 Å². The van der Waals surface area contributed by atoms with Crippen LogP contribution in [0.4, 0.5) is 14.9 Å². The van der Waals surface area contributed by atoms with Crippen LogP contribution in [0, 0.1) is 5.82 Å². The molecule has 1 saturated carbocycles. The van der Waals surface area contributed by atoms with E-state index in [0.717, 1.165) is 18.9 Å². The molecular formula is C16H15FN2O5. The van der Waals surface area contributed by atoms with Crippen LogP contribution in [0.15, 0.2) is 23.1 Å². The van der Waals surface area contributed by atoms with Crippen molar-refractivity contribution in [1.82, 2.24) is 4.57 Å². The number of carboxylic acid groups (broad SMARTS) is 1. The Morgan fingerprint density at radius 1 is 1.29 bits per heavy atom. The molecule has 0 bridgehead atoms. The normalized spacial score (nSPS) is 17.8. The van der Waals surface area contributed by atoms with E-state index in [1.54, 1.807) is 15.5 Å². The third kappa shape index (κ3) is 2.39. The molecule has 0 unspecified atom stereocenters. The second kappa shape index (κ2) is 5.20. The lowest BCUT2D eigenvalue weighted by molar-refractivity contribution is 0.141. The predicted octanol–water partition coefficient (Wildman–Crippen LogP) is 1.71. The van der Waals surface area contributed by atoms with Crippen LogP contribution in [0.1, 0.15) is 18.9 Å². The van der Waals surface area contributed by atoms with Crippen molar-refractivity contribution in [2.45, 2.75) is 25.0 Å². The SMILES string of the molecule is O=C(O)Oc1cn(C2CC2)c2cc(N3CC(O)C3)c(F)cc2c1=O. The van der Waals surface area contributed by atoms with E-state index in [1.165, 1.54) is 6.20 Å². The van der Waals surface area contributed by atoms with Gasteiger partial charge in [-0.3, -0.25) is 4.79 Å². The molecule has 0 amide bonds. The quantitative estimate of drug-likeness (QED) is 0.830. The first-order valence-corrected chi connectivity index (χ1v) is 7.66. The summed E-state index contributed by atoms with van der Waals surface area (Å²) in [5, 5.41) is 18.3. The van der Waals surface area contributed by atoms with Crippen LogP contribution in [0.3, 0.4) is 0 Å². The fourth-order valence-corrected chi connectivity index (χ4v) is 3.05. The first kappa shape index (κ1) is 14.9. The largest absolute Gasteiger partial charge is 0.511 e. The van der Waals surface area contributed by atoms with Gasteiger partial charge >= 0.3 is 6.16 Å². The van der Waals surface area contributed by atoms with Crippen LogP contribution in [0.25, 0.3) is 10.9 Å². The van der Waals surface area contributed by atoms with Crippen LogP contribution in [0.2, 0.25) is 0 Å². The van der Waals surface area contributed by atoms with E-state index in [9.17, 15) is 19.1 Å². The summed E-state index contributed by atoms with van der Waals surface area (Å²) in [6, 6.07) is 2.84. The number of nitrogens with zero attached hydrogens (tertiary/aromatic N) is 2. The van der Waals surface area contributed by atoms with E-state index in [0.29, 0.717) is 24.3 Å². The number of aromatic nitrogens is 1. The summed E-state index contributed by atoms with van der Waals surface area (Å²) in [7, 11) is 0. The average Bonchev–Trinajstić information content (AvgIpc) is 3.31. The number of halogens is 1. The number of rotatable bonds is 3. The Morgan fingerprint density at radius 2 is 2.00 bits per heavy atom. The summed E-state index contributed by atoms with van der Waals surface area (Å²) >= 11 is 0. The Kier molecular flexibility index (Phi) is 3.24. The van der Waals surface area contributed by atoms with Crippen molar-refractivity contribution in [1.29, 1.82) is 0 Å². The van der Waals surface area contributed by atoms with E-state index in [4.69, 9.17) is 5.11 Å². The predicted molar refractivity (Wildman–Crippen MR) is 83.3 cm³/mol. The highest BCUT2D eigenvalue weighted by Gasteiger charge is 2.30. The number of hydrogen-bond acceptors (Lipinski definition) is 5. The Labute approximate surface area is 135 Å². The molecule has 0 atom stereocenters. The molecule has 1 saturated heterocycles. The molecule has 7 nitrogen and oxygen atoms in total. The second-order valence-corrected chi connectivity index (χ2v) is 6.21. The third-order valence-electron chi connectivity index (χ3n) is 4.41. The van der Waals surface area contributed by atoms with E-state index >= 15 is 0 Å². The van der Waals surface area contributed by atoms with Crippen LogP contribution in [0.5, 0.6) is 5.75 Å². The Hall–Kier alpha value is -2.61. The molecule has 126 valence electrons. The first-order chi connectivity index (χ1) is 11.4. The number of β-amino-alcohol motifs (C(OH)–C–C–N with tert-alkyl or cyclic N) is 1. The summed E-state index contributed by atoms with van der Waals surface area (Å²) in [5.74, 6) is -0.908. The summed E-state index contributed by atoms with van der Waals surface area (Å²) in [5.41, 5.74) is 0.213. The van der Waals surface area contributed by atoms with Crippen molar-refractivity contribution < 1.29 is 24.1 Å². The maximum atomic E-state index is 14.4. The van der Waals surface area contributed by atoms with Crippen molar-refractivity contribution in [3.05, 3.63) is 34.4 Å². The van der Waals surface area contributed by atoms with E-state index < -0.39 is 23.5 Å². The number of anilines is 1. The standard InChI is InChI=1S/C16H15FN2O5/c17-11-3-10-12(4-13(11)18-5-9(20)6-18)19(8-1-2-8)7-14(15(10)21)24-16(22)23/h3-4,7-9,20H,1-2,5-6H2,(H,22,23). The second-order valence-electron chi connectivity index (χ2n) is 6.21. The van der Waals surface area contributed by atoms with Crippen LogP contribution in [-0.4, -0.2) is 40.1 Å². The topological polar surface area (TPSA) is 92.0 Å². The minimum absolute atomic E-state index is 0.0861. The Balaban J connectivity index is 1.91. The van der Waals surface area contributed by atoms with Crippen molar-refractivity contribution in [3.8, 4) is 5.75 Å². The lowest BCUT2D eigenvalue weighted by Gasteiger charge is -2.38. The maximum absolute atomic E-state index is 14.4. The molecule has 4 rings (SSSR count). The summed E-state index contributed by atoms with van der Waals surface area (Å²) in [6.45, 7) is 0.687. The molecule has 8 heteroatoms. The van der Waals surface area contributed by atoms with Crippen LogP contribution in [-0.2, 0) is 0 Å². The maximum Gasteiger partial charge on any atom is 0.511 e. The lowest BCUT2D eigenvalue weighted by Crippen LogP contribution is -2.51. The third-order valence-corrected chi connectivity index (χ3v) is 4.41. The van der Waals surface area contributed by atoms with Crippen molar-refractivity contribution in [2.24, 2.45) is 0 Å². The van der Waals surface area contributed by atoms with Gasteiger partial charge in [-0.1, -0.05) is 0 Å². The summed E-state index contributed by atoms with van der Waals surface area (Å²) < 4.78 is 20.7. The Bertz CT molecular complexity index is 899. The molecule has 2 aromatic rings. The van der Waals surface area contributed by atoms with Gasteiger partial charge in [-0.2, -0.15) is 0 Å². The zero-order chi connectivity index (χ0) is 17.0. The Morgan fingerprint density at radius 3 is 2.58 bits per heavy atom. The van der Waals surface area contributed by atoms with E-state index in [2.05, 4.69) is 4.74 Å². The number of hydrogen-bond donors (Lipinski definition) is 2. The summed E-state index contributed by atoms with van der Waals surface area (Å²) in [6.07, 6.45) is 1.13. The molecule has 1 aliphatic carbocycles. The van der Waals surface area contributed by atoms with Crippen molar-refractivity contribution >= 4 is 22.7 Å². The van der Waals surface area contributed by atoms with E-state index in [1.807, 2.05) is 0 Å². The molecule has 1 aliphatic heterocycles. The zero-order valence-electron chi connectivity index (χ0n) is 12.6. The van der Waals surface area contributed by atoms with Gasteiger partial charge in [0.2, 0.25) is 5.43 Å². The monoisotopic (exact) mass is 334 g/mol. The molecule has 0 radical (unpaired) electrons. The van der Waals surface area contributed by atoms with Crippen LogP contribution < -0.4 is 15.1 Å². The minimum Gasteiger partial charge on any atom is -0.449 e. The molecule has 2 heterocycles. The van der Waals surface area contributed by atoms with Gasteiger partial charge in [-0.15, -0.1) is 0 Å². The van der Waals surface area contributed by atoms with Crippen LogP contribution >= 0.6 is 0 Å². The zero-order valence-corrected chi connectivity index (χ0v) is 12.6. The highest BCUT2D eigenvalue weighted by molar-refractivity contribution is 5.85. The van der Waals surface area contributed by atoms with Gasteiger partial charge in [0.05, 0.1) is 28.9 Å². The number of benzene rings is 1. The molecule has 1 aromatic carbocycles. The molecule has 24 heavy (non-hydrogen) atoms. The molecule has 2 aliphatic rings. The molecule has 2 N–H and O–H groups in total.